The fourth-order valence-corrected chi connectivity index (χ4v) is 2.60. The van der Waals surface area contributed by atoms with E-state index in [-0.39, 0.29) is 11.8 Å². The standard InChI is InChI=1S/C20H23ClN2O4/c1-4-10-22-20(25)15-8-7-14(21)12-16(15)23-19(24)13-6-9-17(27-5-2)18(11-13)26-3/h6-9,11-12H,4-5,10H2,1-3H3,(H,22,25)(H,23,24). The highest BCUT2D eigenvalue weighted by Gasteiger charge is 2.16. The molecule has 2 aromatic rings. The Morgan fingerprint density at radius 3 is 2.48 bits per heavy atom. The maximum Gasteiger partial charge on any atom is 0.255 e. The molecule has 0 aliphatic rings. The minimum atomic E-state index is -0.386. The summed E-state index contributed by atoms with van der Waals surface area (Å²) in [4.78, 5) is 25.0. The number of anilines is 1. The zero-order valence-corrected chi connectivity index (χ0v) is 16.4. The summed E-state index contributed by atoms with van der Waals surface area (Å²) in [6.45, 7) is 4.86. The van der Waals surface area contributed by atoms with Crippen LogP contribution in [0.3, 0.4) is 0 Å². The topological polar surface area (TPSA) is 76.7 Å². The van der Waals surface area contributed by atoms with Crippen LogP contribution in [0.25, 0.3) is 0 Å². The smallest absolute Gasteiger partial charge is 0.255 e. The summed E-state index contributed by atoms with van der Waals surface area (Å²) >= 11 is 6.04. The Labute approximate surface area is 163 Å². The Balaban J connectivity index is 2.27. The maximum atomic E-state index is 12.7. The molecule has 0 aliphatic heterocycles. The predicted octanol–water partition coefficient (Wildman–Crippen LogP) is 4.14. The first-order valence-corrected chi connectivity index (χ1v) is 9.07. The van der Waals surface area contributed by atoms with E-state index in [0.29, 0.717) is 46.5 Å². The van der Waals surface area contributed by atoms with Crippen LogP contribution in [0.1, 0.15) is 41.0 Å². The van der Waals surface area contributed by atoms with E-state index in [0.717, 1.165) is 6.42 Å². The number of amides is 2. The Kier molecular flexibility index (Phi) is 7.49. The molecule has 0 aliphatic carbocycles. The van der Waals surface area contributed by atoms with Crippen molar-refractivity contribution in [3.05, 3.63) is 52.5 Å². The van der Waals surface area contributed by atoms with Gasteiger partial charge in [-0.1, -0.05) is 18.5 Å². The van der Waals surface area contributed by atoms with Crippen molar-refractivity contribution in [3.63, 3.8) is 0 Å². The third kappa shape index (κ3) is 5.37. The van der Waals surface area contributed by atoms with Crippen LogP contribution < -0.4 is 20.1 Å². The lowest BCUT2D eigenvalue weighted by atomic mass is 10.1. The number of hydrogen-bond acceptors (Lipinski definition) is 4. The zero-order chi connectivity index (χ0) is 19.8. The fourth-order valence-electron chi connectivity index (χ4n) is 2.43. The number of carbonyl (C=O) groups excluding carboxylic acids is 2. The third-order valence-electron chi connectivity index (χ3n) is 3.74. The fraction of sp³-hybridized carbons (Fsp3) is 0.300. The number of hydrogen-bond donors (Lipinski definition) is 2. The lowest BCUT2D eigenvalue weighted by Gasteiger charge is -2.13. The molecule has 0 atom stereocenters. The van der Waals surface area contributed by atoms with Crippen molar-refractivity contribution in [3.8, 4) is 11.5 Å². The lowest BCUT2D eigenvalue weighted by molar-refractivity contribution is 0.0954. The molecule has 7 heteroatoms. The van der Waals surface area contributed by atoms with Gasteiger partial charge in [0.2, 0.25) is 0 Å². The van der Waals surface area contributed by atoms with E-state index in [1.165, 1.54) is 7.11 Å². The molecule has 0 aromatic heterocycles. The summed E-state index contributed by atoms with van der Waals surface area (Å²) in [5.74, 6) is 0.353. The quantitative estimate of drug-likeness (QED) is 0.710. The van der Waals surface area contributed by atoms with Crippen LogP contribution in [0.4, 0.5) is 5.69 Å². The molecular formula is C20H23ClN2O4. The summed E-state index contributed by atoms with van der Waals surface area (Å²) in [6.07, 6.45) is 0.812. The molecule has 2 amide bonds. The van der Waals surface area contributed by atoms with Gasteiger partial charge in [0.05, 0.1) is 25.0 Å². The van der Waals surface area contributed by atoms with Crippen LogP contribution in [0.15, 0.2) is 36.4 Å². The highest BCUT2D eigenvalue weighted by molar-refractivity contribution is 6.31. The van der Waals surface area contributed by atoms with Gasteiger partial charge >= 0.3 is 0 Å². The van der Waals surface area contributed by atoms with Gasteiger partial charge in [0.1, 0.15) is 0 Å². The number of ether oxygens (including phenoxy) is 2. The normalized spacial score (nSPS) is 10.2. The summed E-state index contributed by atoms with van der Waals surface area (Å²) < 4.78 is 10.7. The minimum Gasteiger partial charge on any atom is -0.493 e. The largest absolute Gasteiger partial charge is 0.493 e. The predicted molar refractivity (Wildman–Crippen MR) is 106 cm³/mol. The van der Waals surface area contributed by atoms with E-state index in [9.17, 15) is 9.59 Å². The first-order chi connectivity index (χ1) is 13.0. The average Bonchev–Trinajstić information content (AvgIpc) is 2.66. The molecule has 0 heterocycles. The lowest BCUT2D eigenvalue weighted by Crippen LogP contribution is -2.25. The maximum absolute atomic E-state index is 12.7. The van der Waals surface area contributed by atoms with Crippen LogP contribution in [0, 0.1) is 0 Å². The Bertz CT molecular complexity index is 824. The van der Waals surface area contributed by atoms with Crippen molar-refractivity contribution in [2.45, 2.75) is 20.3 Å². The Hall–Kier alpha value is -2.73. The van der Waals surface area contributed by atoms with Crippen LogP contribution in [0.5, 0.6) is 11.5 Å². The second-order valence-electron chi connectivity index (χ2n) is 5.70. The van der Waals surface area contributed by atoms with Gasteiger partial charge in [-0.2, -0.15) is 0 Å². The molecule has 0 bridgehead atoms. The Morgan fingerprint density at radius 2 is 1.81 bits per heavy atom. The van der Waals surface area contributed by atoms with Crippen LogP contribution in [-0.2, 0) is 0 Å². The first kappa shape index (κ1) is 20.6. The van der Waals surface area contributed by atoms with Gasteiger partial charge in [-0.3, -0.25) is 9.59 Å². The number of nitrogens with one attached hydrogen (secondary N) is 2. The number of methoxy groups -OCH3 is 1. The highest BCUT2D eigenvalue weighted by atomic mass is 35.5. The van der Waals surface area contributed by atoms with Crippen LogP contribution >= 0.6 is 11.6 Å². The van der Waals surface area contributed by atoms with Gasteiger partial charge in [0, 0.05) is 17.1 Å². The van der Waals surface area contributed by atoms with E-state index in [1.54, 1.807) is 36.4 Å². The molecule has 6 nitrogen and oxygen atoms in total. The third-order valence-corrected chi connectivity index (χ3v) is 3.97. The number of halogens is 1. The Morgan fingerprint density at radius 1 is 1.04 bits per heavy atom. The molecule has 2 rings (SSSR count). The highest BCUT2D eigenvalue weighted by Crippen LogP contribution is 2.29. The summed E-state index contributed by atoms with van der Waals surface area (Å²) in [7, 11) is 1.51. The molecule has 2 aromatic carbocycles. The molecule has 0 spiro atoms. The molecule has 0 saturated heterocycles. The van der Waals surface area contributed by atoms with E-state index >= 15 is 0 Å². The minimum absolute atomic E-state index is 0.270. The summed E-state index contributed by atoms with van der Waals surface area (Å²) in [5, 5.41) is 5.96. The van der Waals surface area contributed by atoms with Gasteiger partial charge in [-0.25, -0.2) is 0 Å². The molecule has 2 N–H and O–H groups in total. The molecule has 0 radical (unpaired) electrons. The molecule has 0 unspecified atom stereocenters. The van der Waals surface area contributed by atoms with E-state index < -0.39 is 0 Å². The number of benzene rings is 2. The molecule has 0 saturated carbocycles. The average molecular weight is 391 g/mol. The molecule has 144 valence electrons. The number of carbonyl (C=O) groups is 2. The van der Waals surface area contributed by atoms with Crippen LogP contribution in [0.2, 0.25) is 5.02 Å². The van der Waals surface area contributed by atoms with Crippen LogP contribution in [-0.4, -0.2) is 32.1 Å². The van der Waals surface area contributed by atoms with E-state index in [2.05, 4.69) is 10.6 Å². The van der Waals surface area contributed by atoms with Gasteiger partial charge < -0.3 is 20.1 Å². The van der Waals surface area contributed by atoms with Gasteiger partial charge in [-0.05, 0) is 49.7 Å². The van der Waals surface area contributed by atoms with E-state index in [1.807, 2.05) is 13.8 Å². The monoisotopic (exact) mass is 390 g/mol. The van der Waals surface area contributed by atoms with Gasteiger partial charge in [0.15, 0.2) is 11.5 Å². The molecule has 27 heavy (non-hydrogen) atoms. The van der Waals surface area contributed by atoms with Gasteiger partial charge in [-0.15, -0.1) is 0 Å². The van der Waals surface area contributed by atoms with Crippen molar-refractivity contribution >= 4 is 29.1 Å². The molecule has 0 fully saturated rings. The van der Waals surface area contributed by atoms with Gasteiger partial charge in [0.25, 0.3) is 11.8 Å². The van der Waals surface area contributed by atoms with E-state index in [4.69, 9.17) is 21.1 Å². The van der Waals surface area contributed by atoms with Crippen molar-refractivity contribution in [1.82, 2.24) is 5.32 Å². The van der Waals surface area contributed by atoms with Crippen molar-refractivity contribution in [2.75, 3.05) is 25.6 Å². The zero-order valence-electron chi connectivity index (χ0n) is 15.6. The van der Waals surface area contributed by atoms with Crippen molar-refractivity contribution < 1.29 is 19.1 Å². The molecular weight excluding hydrogens is 368 g/mol. The van der Waals surface area contributed by atoms with Crippen molar-refractivity contribution in [1.29, 1.82) is 0 Å². The SMILES string of the molecule is CCCNC(=O)c1ccc(Cl)cc1NC(=O)c1ccc(OCC)c(OC)c1. The summed E-state index contributed by atoms with van der Waals surface area (Å²) in [5.41, 5.74) is 1.06. The first-order valence-electron chi connectivity index (χ1n) is 8.70. The second-order valence-corrected chi connectivity index (χ2v) is 6.14. The number of rotatable bonds is 8. The second kappa shape index (κ2) is 9.83. The van der Waals surface area contributed by atoms with Crippen molar-refractivity contribution in [2.24, 2.45) is 0 Å². The summed E-state index contributed by atoms with van der Waals surface area (Å²) in [6, 6.07) is 9.63.